The molecule has 1 aromatic heterocycles. The van der Waals surface area contributed by atoms with Crippen molar-refractivity contribution < 1.29 is 0 Å². The Balaban J connectivity index is 2.76. The monoisotopic (exact) mass is 168 g/mol. The lowest BCUT2D eigenvalue weighted by Gasteiger charge is -2.12. The summed E-state index contributed by atoms with van der Waals surface area (Å²) in [5, 5.41) is 0. The van der Waals surface area contributed by atoms with Gasteiger partial charge >= 0.3 is 0 Å². The second kappa shape index (κ2) is 3.40. The highest BCUT2D eigenvalue weighted by Gasteiger charge is 2.10. The normalized spacial score (nSPS) is 13.9. The average Bonchev–Trinajstić information content (AvgIpc) is 2.34. The summed E-state index contributed by atoms with van der Waals surface area (Å²) in [6.07, 6.45) is 0. The molecule has 1 unspecified atom stereocenters. The maximum absolute atomic E-state index is 2.30. The Bertz CT molecular complexity index is 223. The molecule has 0 aromatic carbocycles. The second-order valence-corrected chi connectivity index (χ2v) is 4.80. The van der Waals surface area contributed by atoms with Gasteiger partial charge < -0.3 is 0 Å². The van der Waals surface area contributed by atoms with E-state index in [4.69, 9.17) is 0 Å². The van der Waals surface area contributed by atoms with Crippen LogP contribution < -0.4 is 0 Å². The quantitative estimate of drug-likeness (QED) is 0.630. The van der Waals surface area contributed by atoms with E-state index in [1.54, 1.807) is 0 Å². The van der Waals surface area contributed by atoms with Crippen molar-refractivity contribution in [1.82, 2.24) is 0 Å². The molecular formula is C10H16S. The predicted molar refractivity (Wildman–Crippen MR) is 52.3 cm³/mol. The van der Waals surface area contributed by atoms with Gasteiger partial charge in [0.25, 0.3) is 0 Å². The topological polar surface area (TPSA) is 0 Å². The van der Waals surface area contributed by atoms with Gasteiger partial charge in [0.2, 0.25) is 0 Å². The van der Waals surface area contributed by atoms with Crippen molar-refractivity contribution in [2.45, 2.75) is 33.6 Å². The third-order valence-corrected chi connectivity index (χ3v) is 3.41. The molecule has 0 radical (unpaired) electrons. The molecule has 0 N–H and O–H groups in total. The van der Waals surface area contributed by atoms with E-state index in [-0.39, 0.29) is 0 Å². The predicted octanol–water partition coefficient (Wildman–Crippen LogP) is 3.82. The van der Waals surface area contributed by atoms with Crippen molar-refractivity contribution in [2.24, 2.45) is 5.92 Å². The molecule has 0 aliphatic heterocycles. The zero-order chi connectivity index (χ0) is 8.43. The van der Waals surface area contributed by atoms with E-state index in [0.29, 0.717) is 5.92 Å². The van der Waals surface area contributed by atoms with Crippen LogP contribution in [-0.2, 0) is 0 Å². The van der Waals surface area contributed by atoms with Crippen LogP contribution in [0, 0.1) is 12.8 Å². The van der Waals surface area contributed by atoms with Gasteiger partial charge in [-0.2, -0.15) is 0 Å². The molecule has 0 fully saturated rings. The molecule has 62 valence electrons. The van der Waals surface area contributed by atoms with Gasteiger partial charge in [-0.15, -0.1) is 11.3 Å². The molecule has 0 saturated carbocycles. The highest BCUT2D eigenvalue weighted by Crippen LogP contribution is 2.29. The van der Waals surface area contributed by atoms with Crippen LogP contribution in [-0.4, -0.2) is 0 Å². The number of hydrogen-bond acceptors (Lipinski definition) is 1. The van der Waals surface area contributed by atoms with Crippen LogP contribution >= 0.6 is 11.3 Å². The first-order chi connectivity index (χ1) is 5.11. The van der Waals surface area contributed by atoms with E-state index in [0.717, 1.165) is 5.92 Å². The largest absolute Gasteiger partial charge is 0.145 e. The van der Waals surface area contributed by atoms with Crippen LogP contribution in [0.15, 0.2) is 12.1 Å². The van der Waals surface area contributed by atoms with Gasteiger partial charge in [-0.05, 0) is 30.9 Å². The lowest BCUT2D eigenvalue weighted by Crippen LogP contribution is -1.98. The second-order valence-electron chi connectivity index (χ2n) is 3.48. The molecular weight excluding hydrogens is 152 g/mol. The molecule has 1 atom stereocenters. The molecule has 0 aliphatic carbocycles. The highest BCUT2D eigenvalue weighted by atomic mass is 32.1. The van der Waals surface area contributed by atoms with Crippen LogP contribution in [0.25, 0.3) is 0 Å². The summed E-state index contributed by atoms with van der Waals surface area (Å²) in [7, 11) is 0. The van der Waals surface area contributed by atoms with E-state index in [2.05, 4.69) is 39.8 Å². The van der Waals surface area contributed by atoms with E-state index in [9.17, 15) is 0 Å². The van der Waals surface area contributed by atoms with Crippen LogP contribution in [0.1, 0.15) is 36.4 Å². The van der Waals surface area contributed by atoms with Crippen molar-refractivity contribution in [3.05, 3.63) is 21.9 Å². The minimum Gasteiger partial charge on any atom is -0.145 e. The standard InChI is InChI=1S/C10H16S/c1-7(2)9(4)10-6-5-8(3)11-10/h5-7,9H,1-4H3. The zero-order valence-electron chi connectivity index (χ0n) is 7.72. The Morgan fingerprint density at radius 2 is 1.82 bits per heavy atom. The van der Waals surface area contributed by atoms with Crippen molar-refractivity contribution in [3.8, 4) is 0 Å². The van der Waals surface area contributed by atoms with Gasteiger partial charge in [-0.3, -0.25) is 0 Å². The first-order valence-electron chi connectivity index (χ1n) is 4.17. The third kappa shape index (κ3) is 2.06. The van der Waals surface area contributed by atoms with Crippen molar-refractivity contribution in [1.29, 1.82) is 0 Å². The fraction of sp³-hybridized carbons (Fsp3) is 0.600. The Morgan fingerprint density at radius 3 is 2.18 bits per heavy atom. The SMILES string of the molecule is Cc1ccc(C(C)C(C)C)s1. The van der Waals surface area contributed by atoms with E-state index in [1.165, 1.54) is 9.75 Å². The maximum atomic E-state index is 2.30. The molecule has 0 amide bonds. The molecule has 1 rings (SSSR count). The summed E-state index contributed by atoms with van der Waals surface area (Å²) in [4.78, 5) is 2.95. The number of rotatable bonds is 2. The van der Waals surface area contributed by atoms with Gasteiger partial charge in [-0.25, -0.2) is 0 Å². The van der Waals surface area contributed by atoms with Gasteiger partial charge in [0.05, 0.1) is 0 Å². The molecule has 1 aromatic rings. The summed E-state index contributed by atoms with van der Waals surface area (Å²) in [6.45, 7) is 9.02. The van der Waals surface area contributed by atoms with Gasteiger partial charge in [0, 0.05) is 9.75 Å². The molecule has 11 heavy (non-hydrogen) atoms. The zero-order valence-corrected chi connectivity index (χ0v) is 8.53. The molecule has 0 spiro atoms. The van der Waals surface area contributed by atoms with Crippen LogP contribution in [0.4, 0.5) is 0 Å². The smallest absolute Gasteiger partial charge is 0.00788 e. The fourth-order valence-corrected chi connectivity index (χ4v) is 2.13. The van der Waals surface area contributed by atoms with Crippen LogP contribution in [0.2, 0.25) is 0 Å². The van der Waals surface area contributed by atoms with E-state index in [1.807, 2.05) is 11.3 Å². The Labute approximate surface area is 73.3 Å². The number of thiophene rings is 1. The van der Waals surface area contributed by atoms with E-state index >= 15 is 0 Å². The Kier molecular flexibility index (Phi) is 2.72. The van der Waals surface area contributed by atoms with Crippen molar-refractivity contribution in [2.75, 3.05) is 0 Å². The molecule has 0 bridgehead atoms. The lowest BCUT2D eigenvalue weighted by atomic mass is 9.97. The van der Waals surface area contributed by atoms with Gasteiger partial charge in [0.1, 0.15) is 0 Å². The van der Waals surface area contributed by atoms with Gasteiger partial charge in [0.15, 0.2) is 0 Å². The first kappa shape index (κ1) is 8.79. The fourth-order valence-electron chi connectivity index (χ4n) is 1.03. The minimum atomic E-state index is 0.716. The molecule has 0 saturated heterocycles. The Morgan fingerprint density at radius 1 is 1.18 bits per heavy atom. The summed E-state index contributed by atoms with van der Waals surface area (Å²) >= 11 is 1.92. The number of hydrogen-bond donors (Lipinski definition) is 0. The average molecular weight is 168 g/mol. The number of aryl methyl sites for hydroxylation is 1. The van der Waals surface area contributed by atoms with Gasteiger partial charge in [-0.1, -0.05) is 20.8 Å². The van der Waals surface area contributed by atoms with Crippen molar-refractivity contribution in [3.63, 3.8) is 0 Å². The molecule has 0 nitrogen and oxygen atoms in total. The first-order valence-corrected chi connectivity index (χ1v) is 4.99. The molecule has 1 heterocycles. The molecule has 0 aliphatic rings. The molecule has 1 heteroatoms. The lowest BCUT2D eigenvalue weighted by molar-refractivity contribution is 0.542. The van der Waals surface area contributed by atoms with Crippen molar-refractivity contribution >= 4 is 11.3 Å². The summed E-state index contributed by atoms with van der Waals surface area (Å²) in [5.41, 5.74) is 0. The Hall–Kier alpha value is -0.300. The minimum absolute atomic E-state index is 0.716. The van der Waals surface area contributed by atoms with Crippen LogP contribution in [0.3, 0.4) is 0 Å². The summed E-state index contributed by atoms with van der Waals surface area (Å²) in [5.74, 6) is 1.47. The maximum Gasteiger partial charge on any atom is 0.00788 e. The summed E-state index contributed by atoms with van der Waals surface area (Å²) in [6, 6.07) is 4.46. The highest BCUT2D eigenvalue weighted by molar-refractivity contribution is 7.12. The summed E-state index contributed by atoms with van der Waals surface area (Å²) < 4.78 is 0. The van der Waals surface area contributed by atoms with Crippen LogP contribution in [0.5, 0.6) is 0 Å². The third-order valence-electron chi connectivity index (χ3n) is 2.21. The van der Waals surface area contributed by atoms with E-state index < -0.39 is 0 Å².